The predicted octanol–water partition coefficient (Wildman–Crippen LogP) is 3.38. The lowest BCUT2D eigenvalue weighted by Gasteiger charge is -2.28. The van der Waals surface area contributed by atoms with Gasteiger partial charge in [0.15, 0.2) is 0 Å². The molecule has 2 unspecified atom stereocenters. The summed E-state index contributed by atoms with van der Waals surface area (Å²) in [6, 6.07) is 14.8. The Morgan fingerprint density at radius 3 is 2.38 bits per heavy atom. The molecule has 112 valence electrons. The van der Waals surface area contributed by atoms with E-state index in [0.29, 0.717) is 6.61 Å². The van der Waals surface area contributed by atoms with Crippen molar-refractivity contribution in [2.75, 3.05) is 13.2 Å². The quantitative estimate of drug-likeness (QED) is 0.807. The number of pyridine rings is 1. The number of hydrogen-bond acceptors (Lipinski definition) is 3. The minimum absolute atomic E-state index is 0.0596. The molecule has 2 aromatic rings. The number of benzene rings is 1. The van der Waals surface area contributed by atoms with Crippen LogP contribution in [0.4, 0.5) is 0 Å². The fourth-order valence-corrected chi connectivity index (χ4v) is 2.59. The lowest BCUT2D eigenvalue weighted by molar-refractivity contribution is 0.0336. The highest BCUT2D eigenvalue weighted by molar-refractivity contribution is 5.21. The van der Waals surface area contributed by atoms with E-state index < -0.39 is 0 Å². The largest absolute Gasteiger partial charge is 0.372 e. The zero-order valence-corrected chi connectivity index (χ0v) is 12.8. The number of likely N-dealkylation sites (N-methyl/N-ethyl adjacent to an activating group) is 1. The smallest absolute Gasteiger partial charge is 0.0980 e. The summed E-state index contributed by atoms with van der Waals surface area (Å²) in [4.78, 5) is 4.09. The zero-order valence-electron chi connectivity index (χ0n) is 12.8. The molecule has 1 N–H and O–H groups in total. The number of hydrogen-bond donors (Lipinski definition) is 1. The molecule has 2 rings (SSSR count). The van der Waals surface area contributed by atoms with Gasteiger partial charge in [-0.1, -0.05) is 37.3 Å². The molecule has 0 saturated carbocycles. The highest BCUT2D eigenvalue weighted by atomic mass is 16.5. The van der Waals surface area contributed by atoms with Crippen LogP contribution in [0.3, 0.4) is 0 Å². The second kappa shape index (κ2) is 8.55. The highest BCUT2D eigenvalue weighted by Gasteiger charge is 2.23. The van der Waals surface area contributed by atoms with Gasteiger partial charge in [0.05, 0.1) is 6.10 Å². The van der Waals surface area contributed by atoms with E-state index in [1.807, 2.05) is 25.4 Å². The van der Waals surface area contributed by atoms with Gasteiger partial charge in [-0.05, 0) is 43.1 Å². The first-order valence-electron chi connectivity index (χ1n) is 7.64. The van der Waals surface area contributed by atoms with Crippen molar-refractivity contribution in [2.45, 2.75) is 32.4 Å². The Morgan fingerprint density at radius 1 is 1.05 bits per heavy atom. The molecule has 0 fully saturated rings. The van der Waals surface area contributed by atoms with Gasteiger partial charge in [-0.3, -0.25) is 4.98 Å². The Morgan fingerprint density at radius 2 is 1.76 bits per heavy atom. The molecule has 0 aliphatic rings. The molecule has 1 aromatic heterocycles. The summed E-state index contributed by atoms with van der Waals surface area (Å²) < 4.78 is 6.04. The first kappa shape index (κ1) is 15.7. The van der Waals surface area contributed by atoms with Crippen LogP contribution in [-0.2, 0) is 11.2 Å². The Bertz CT molecular complexity index is 501. The van der Waals surface area contributed by atoms with Crippen LogP contribution >= 0.6 is 0 Å². The predicted molar refractivity (Wildman–Crippen MR) is 86.2 cm³/mol. The normalized spacial score (nSPS) is 13.8. The summed E-state index contributed by atoms with van der Waals surface area (Å²) in [7, 11) is 0. The van der Waals surface area contributed by atoms with Crippen molar-refractivity contribution < 1.29 is 4.74 Å². The molecule has 0 bridgehead atoms. The van der Waals surface area contributed by atoms with Gasteiger partial charge in [0.25, 0.3) is 0 Å². The Hall–Kier alpha value is -1.71. The minimum Gasteiger partial charge on any atom is -0.372 e. The van der Waals surface area contributed by atoms with Crippen molar-refractivity contribution >= 4 is 0 Å². The van der Waals surface area contributed by atoms with Gasteiger partial charge in [0.2, 0.25) is 0 Å². The van der Waals surface area contributed by atoms with E-state index in [4.69, 9.17) is 4.74 Å². The number of rotatable bonds is 8. The fourth-order valence-electron chi connectivity index (χ4n) is 2.59. The molecular formula is C18H24N2O. The zero-order chi connectivity index (χ0) is 14.9. The van der Waals surface area contributed by atoms with Gasteiger partial charge < -0.3 is 10.1 Å². The monoisotopic (exact) mass is 284 g/mol. The van der Waals surface area contributed by atoms with Gasteiger partial charge >= 0.3 is 0 Å². The van der Waals surface area contributed by atoms with Crippen LogP contribution in [0.15, 0.2) is 54.9 Å². The van der Waals surface area contributed by atoms with Crippen LogP contribution in [0.2, 0.25) is 0 Å². The van der Waals surface area contributed by atoms with Gasteiger partial charge in [-0.2, -0.15) is 0 Å². The van der Waals surface area contributed by atoms with E-state index >= 15 is 0 Å². The molecule has 0 aliphatic carbocycles. The van der Waals surface area contributed by atoms with Crippen LogP contribution in [0, 0.1) is 0 Å². The molecule has 2 atom stereocenters. The van der Waals surface area contributed by atoms with E-state index in [1.54, 1.807) is 0 Å². The SMILES string of the molecule is CCNC(Cc1ccncc1)C(OCC)c1ccccc1. The highest BCUT2D eigenvalue weighted by Crippen LogP contribution is 2.23. The molecule has 0 spiro atoms. The van der Waals surface area contributed by atoms with Crippen LogP contribution in [0.5, 0.6) is 0 Å². The molecule has 0 amide bonds. The van der Waals surface area contributed by atoms with Crippen molar-refractivity contribution in [2.24, 2.45) is 0 Å². The third kappa shape index (κ3) is 4.66. The number of nitrogens with one attached hydrogen (secondary N) is 1. The Balaban J connectivity index is 2.20. The molecule has 0 saturated heterocycles. The van der Waals surface area contributed by atoms with E-state index in [0.717, 1.165) is 13.0 Å². The van der Waals surface area contributed by atoms with Gasteiger partial charge in [-0.25, -0.2) is 0 Å². The molecule has 21 heavy (non-hydrogen) atoms. The van der Waals surface area contributed by atoms with Crippen LogP contribution in [0.25, 0.3) is 0 Å². The van der Waals surface area contributed by atoms with E-state index in [1.165, 1.54) is 11.1 Å². The lowest BCUT2D eigenvalue weighted by Crippen LogP contribution is -2.38. The number of nitrogens with zero attached hydrogens (tertiary/aromatic N) is 1. The molecule has 3 heteroatoms. The maximum atomic E-state index is 6.04. The number of aromatic nitrogens is 1. The van der Waals surface area contributed by atoms with Gasteiger partial charge in [0.1, 0.15) is 0 Å². The summed E-state index contributed by atoms with van der Waals surface area (Å²) in [5.74, 6) is 0. The van der Waals surface area contributed by atoms with Crippen LogP contribution in [-0.4, -0.2) is 24.2 Å². The lowest BCUT2D eigenvalue weighted by atomic mass is 9.96. The van der Waals surface area contributed by atoms with Crippen LogP contribution < -0.4 is 5.32 Å². The molecular weight excluding hydrogens is 260 g/mol. The maximum absolute atomic E-state index is 6.04. The Kier molecular flexibility index (Phi) is 6.38. The van der Waals surface area contributed by atoms with Crippen molar-refractivity contribution in [3.8, 4) is 0 Å². The number of ether oxygens (including phenoxy) is 1. The van der Waals surface area contributed by atoms with Gasteiger partial charge in [0, 0.05) is 25.0 Å². The van der Waals surface area contributed by atoms with E-state index in [-0.39, 0.29) is 12.1 Å². The average molecular weight is 284 g/mol. The second-order valence-electron chi connectivity index (χ2n) is 5.01. The fraction of sp³-hybridized carbons (Fsp3) is 0.389. The molecule has 3 nitrogen and oxygen atoms in total. The van der Waals surface area contributed by atoms with Crippen molar-refractivity contribution in [1.82, 2.24) is 10.3 Å². The summed E-state index contributed by atoms with van der Waals surface area (Å²) in [5.41, 5.74) is 2.50. The molecule has 1 heterocycles. The van der Waals surface area contributed by atoms with Crippen molar-refractivity contribution in [1.29, 1.82) is 0 Å². The third-order valence-electron chi connectivity index (χ3n) is 3.51. The first-order valence-corrected chi connectivity index (χ1v) is 7.64. The average Bonchev–Trinajstić information content (AvgIpc) is 2.54. The van der Waals surface area contributed by atoms with Crippen molar-refractivity contribution in [3.05, 3.63) is 66.0 Å². The summed E-state index contributed by atoms with van der Waals surface area (Å²) in [6.07, 6.45) is 4.67. The van der Waals surface area contributed by atoms with Gasteiger partial charge in [-0.15, -0.1) is 0 Å². The minimum atomic E-state index is 0.0596. The molecule has 0 aliphatic heterocycles. The molecule has 0 radical (unpaired) electrons. The first-order chi connectivity index (χ1) is 10.3. The van der Waals surface area contributed by atoms with Crippen molar-refractivity contribution in [3.63, 3.8) is 0 Å². The molecule has 1 aromatic carbocycles. The summed E-state index contributed by atoms with van der Waals surface area (Å²) in [5, 5.41) is 3.57. The third-order valence-corrected chi connectivity index (χ3v) is 3.51. The Labute approximate surface area is 127 Å². The maximum Gasteiger partial charge on any atom is 0.0980 e. The van der Waals surface area contributed by atoms with E-state index in [9.17, 15) is 0 Å². The summed E-state index contributed by atoms with van der Waals surface area (Å²) >= 11 is 0. The van der Waals surface area contributed by atoms with Crippen LogP contribution in [0.1, 0.15) is 31.1 Å². The standard InChI is InChI=1S/C18H24N2O/c1-3-20-17(14-15-10-12-19-13-11-15)18(21-4-2)16-8-6-5-7-9-16/h5-13,17-18,20H,3-4,14H2,1-2H3. The topological polar surface area (TPSA) is 34.2 Å². The van der Waals surface area contributed by atoms with E-state index in [2.05, 4.69) is 53.6 Å². The summed E-state index contributed by atoms with van der Waals surface area (Å²) in [6.45, 7) is 5.81. The second-order valence-corrected chi connectivity index (χ2v) is 5.01.